The summed E-state index contributed by atoms with van der Waals surface area (Å²) in [6, 6.07) is 6.96. The van der Waals surface area contributed by atoms with E-state index in [1.165, 1.54) is 25.1 Å². The fourth-order valence-corrected chi connectivity index (χ4v) is 6.95. The monoisotopic (exact) mass is 552 g/mol. The standard InChI is InChI=1S/C28H28N2O10/c1-30(2)21-20-22(32)13-8-12-11(10-3-6-15-16(7-10)40-9-39-15)4-5-14(31)17(12)23(33)18(13)25(35)28(20,38)26(36)19(24(21)34)27(29)37/h3-7,13,19-22,24,31-34,38H,8-9H2,1-2H3,(H2,29,37)/t13-,19?,20-,21+,22+,24?,28+/m0/s1. The van der Waals surface area contributed by atoms with Crippen LogP contribution in [0.25, 0.3) is 16.9 Å². The fraction of sp³-hybridized carbons (Fsp3) is 0.393. The molecule has 2 fully saturated rings. The maximum Gasteiger partial charge on any atom is 0.231 e. The highest BCUT2D eigenvalue weighted by Crippen LogP contribution is 2.53. The number of hydrogen-bond acceptors (Lipinski definition) is 11. The van der Waals surface area contributed by atoms with Gasteiger partial charge in [-0.15, -0.1) is 0 Å². The molecule has 12 nitrogen and oxygen atoms in total. The van der Waals surface area contributed by atoms with Gasteiger partial charge in [0.25, 0.3) is 0 Å². The van der Waals surface area contributed by atoms with Gasteiger partial charge in [-0.25, -0.2) is 0 Å². The molecule has 40 heavy (non-hydrogen) atoms. The number of likely N-dealkylation sites (N-methyl/N-ethyl adjacent to an activating group) is 1. The van der Waals surface area contributed by atoms with Crippen molar-refractivity contribution in [3.63, 3.8) is 0 Å². The molecule has 7 N–H and O–H groups in total. The van der Waals surface area contributed by atoms with Crippen LogP contribution in [0.15, 0.2) is 35.9 Å². The molecule has 0 spiro atoms. The third-order valence-electron chi connectivity index (χ3n) is 8.73. The Bertz CT molecular complexity index is 1520. The summed E-state index contributed by atoms with van der Waals surface area (Å²) in [5.41, 5.74) is 3.55. The van der Waals surface area contributed by atoms with Gasteiger partial charge >= 0.3 is 0 Å². The van der Waals surface area contributed by atoms with Crippen LogP contribution in [0.1, 0.15) is 11.1 Å². The van der Waals surface area contributed by atoms with E-state index in [0.29, 0.717) is 28.2 Å². The number of benzene rings is 2. The highest BCUT2D eigenvalue weighted by atomic mass is 16.7. The van der Waals surface area contributed by atoms with Gasteiger partial charge in [0.2, 0.25) is 18.5 Å². The molecule has 2 saturated carbocycles. The number of phenolic OH excluding ortho intramolecular Hbond substituents is 1. The summed E-state index contributed by atoms with van der Waals surface area (Å²) in [5, 5.41) is 56.6. The summed E-state index contributed by atoms with van der Waals surface area (Å²) < 4.78 is 10.9. The second kappa shape index (κ2) is 8.77. The van der Waals surface area contributed by atoms with Crippen molar-refractivity contribution in [1.29, 1.82) is 0 Å². The summed E-state index contributed by atoms with van der Waals surface area (Å²) in [7, 11) is 3.02. The number of Topliss-reactive ketones (excluding diaryl/α,β-unsaturated/α-hetero) is 2. The molecule has 2 unspecified atom stereocenters. The number of ketones is 2. The number of primary amides is 1. The molecule has 0 saturated heterocycles. The molecule has 0 aromatic heterocycles. The van der Waals surface area contributed by atoms with Gasteiger partial charge in [0, 0.05) is 23.5 Å². The van der Waals surface area contributed by atoms with E-state index >= 15 is 0 Å². The number of phenols is 1. The molecule has 7 atom stereocenters. The summed E-state index contributed by atoms with van der Waals surface area (Å²) in [6.45, 7) is 0.0637. The first-order chi connectivity index (χ1) is 18.9. The number of fused-ring (bicyclic) bond motifs is 4. The molecule has 2 aromatic carbocycles. The van der Waals surface area contributed by atoms with E-state index in [1.54, 1.807) is 24.3 Å². The average Bonchev–Trinajstić information content (AvgIpc) is 3.36. The molecule has 3 aliphatic carbocycles. The van der Waals surface area contributed by atoms with Gasteiger partial charge in [0.05, 0.1) is 17.8 Å². The summed E-state index contributed by atoms with van der Waals surface area (Å²) in [6.07, 6.45) is -3.40. The van der Waals surface area contributed by atoms with Gasteiger partial charge in [0.15, 0.2) is 22.9 Å². The molecule has 4 aliphatic rings. The zero-order valence-corrected chi connectivity index (χ0v) is 21.6. The smallest absolute Gasteiger partial charge is 0.231 e. The molecule has 210 valence electrons. The molecule has 6 rings (SSSR count). The first-order valence-electron chi connectivity index (χ1n) is 12.7. The van der Waals surface area contributed by atoms with Crippen LogP contribution >= 0.6 is 0 Å². The van der Waals surface area contributed by atoms with Crippen molar-refractivity contribution in [2.75, 3.05) is 20.9 Å². The van der Waals surface area contributed by atoms with Gasteiger partial charge in [-0.05, 0) is 55.4 Å². The number of carbonyl (C=O) groups is 3. The van der Waals surface area contributed by atoms with E-state index in [0.717, 1.165) is 0 Å². The predicted molar refractivity (Wildman–Crippen MR) is 137 cm³/mol. The van der Waals surface area contributed by atoms with Crippen molar-refractivity contribution >= 4 is 23.2 Å². The zero-order valence-electron chi connectivity index (χ0n) is 21.6. The van der Waals surface area contributed by atoms with Gasteiger partial charge in [-0.2, -0.15) is 0 Å². The lowest BCUT2D eigenvalue weighted by Crippen LogP contribution is -2.76. The third kappa shape index (κ3) is 3.30. The van der Waals surface area contributed by atoms with Crippen molar-refractivity contribution in [3.8, 4) is 28.4 Å². The molecule has 0 radical (unpaired) electrons. The van der Waals surface area contributed by atoms with Crippen LogP contribution in [0.2, 0.25) is 0 Å². The lowest BCUT2D eigenvalue weighted by molar-refractivity contribution is -0.198. The normalized spacial score (nSPS) is 32.5. The van der Waals surface area contributed by atoms with Crippen LogP contribution in [0, 0.1) is 17.8 Å². The van der Waals surface area contributed by atoms with Crippen LogP contribution in [0.3, 0.4) is 0 Å². The Balaban J connectivity index is 1.55. The van der Waals surface area contributed by atoms with E-state index < -0.39 is 70.4 Å². The minimum absolute atomic E-state index is 0.0595. The van der Waals surface area contributed by atoms with E-state index in [-0.39, 0.29) is 24.5 Å². The number of nitrogens with zero attached hydrogens (tertiary/aromatic N) is 1. The van der Waals surface area contributed by atoms with Crippen molar-refractivity contribution in [2.24, 2.45) is 23.5 Å². The second-order valence-electron chi connectivity index (χ2n) is 10.9. The predicted octanol–water partition coefficient (Wildman–Crippen LogP) is -0.504. The molecule has 12 heteroatoms. The van der Waals surface area contributed by atoms with Gasteiger partial charge in [0.1, 0.15) is 17.4 Å². The minimum atomic E-state index is -2.96. The van der Waals surface area contributed by atoms with Crippen molar-refractivity contribution in [3.05, 3.63) is 47.0 Å². The van der Waals surface area contributed by atoms with Crippen LogP contribution in [0.5, 0.6) is 17.2 Å². The van der Waals surface area contributed by atoms with Gasteiger partial charge in [-0.1, -0.05) is 12.1 Å². The highest BCUT2D eigenvalue weighted by molar-refractivity contribution is 6.25. The van der Waals surface area contributed by atoms with Crippen LogP contribution in [0.4, 0.5) is 0 Å². The zero-order chi connectivity index (χ0) is 28.8. The number of hydrogen-bond donors (Lipinski definition) is 6. The van der Waals surface area contributed by atoms with Gasteiger partial charge in [-0.3, -0.25) is 14.4 Å². The summed E-state index contributed by atoms with van der Waals surface area (Å²) in [4.78, 5) is 41.0. The second-order valence-corrected chi connectivity index (χ2v) is 10.9. The third-order valence-corrected chi connectivity index (χ3v) is 8.73. The number of carbonyl (C=O) groups excluding carboxylic acids is 3. The Hall–Kier alpha value is -3.97. The lowest BCUT2D eigenvalue weighted by Gasteiger charge is -2.55. The Morgan fingerprint density at radius 2 is 1.75 bits per heavy atom. The average molecular weight is 553 g/mol. The topological polar surface area (TPSA) is 200 Å². The molecule has 1 amide bonds. The van der Waals surface area contributed by atoms with Gasteiger partial charge < -0.3 is 45.6 Å². The molecule has 0 bridgehead atoms. The molecule has 1 heterocycles. The Morgan fingerprint density at radius 1 is 1.05 bits per heavy atom. The Labute approximate surface area is 227 Å². The number of aliphatic hydroxyl groups is 4. The van der Waals surface area contributed by atoms with Crippen LogP contribution in [-0.4, -0.2) is 92.6 Å². The molecular formula is C28H28N2O10. The van der Waals surface area contributed by atoms with E-state index in [1.807, 2.05) is 0 Å². The summed E-state index contributed by atoms with van der Waals surface area (Å²) in [5.74, 6) is -8.38. The van der Waals surface area contributed by atoms with Crippen molar-refractivity contribution in [1.82, 2.24) is 4.90 Å². The quantitative estimate of drug-likeness (QED) is 0.268. The van der Waals surface area contributed by atoms with E-state index in [2.05, 4.69) is 0 Å². The summed E-state index contributed by atoms with van der Waals surface area (Å²) >= 11 is 0. The highest BCUT2D eigenvalue weighted by Gasteiger charge is 2.70. The first-order valence-corrected chi connectivity index (χ1v) is 12.7. The van der Waals surface area contributed by atoms with Crippen LogP contribution < -0.4 is 15.2 Å². The Kier molecular flexibility index (Phi) is 5.75. The maximum absolute atomic E-state index is 14.0. The molecule has 1 aliphatic heterocycles. The van der Waals surface area contributed by atoms with Crippen molar-refractivity contribution in [2.45, 2.75) is 30.3 Å². The fourth-order valence-electron chi connectivity index (χ4n) is 6.95. The number of nitrogens with two attached hydrogens (primary N) is 1. The van der Waals surface area contributed by atoms with Crippen molar-refractivity contribution < 1.29 is 49.4 Å². The van der Waals surface area contributed by atoms with E-state index in [9.17, 15) is 39.9 Å². The number of aliphatic hydroxyl groups excluding tert-OH is 3. The lowest BCUT2D eigenvalue weighted by atomic mass is 9.53. The number of amides is 1. The molecule has 2 aromatic rings. The molecular weight excluding hydrogens is 524 g/mol. The number of rotatable bonds is 3. The number of ether oxygens (including phenoxy) is 2. The first kappa shape index (κ1) is 26.3. The minimum Gasteiger partial charge on any atom is -0.507 e. The number of aromatic hydroxyl groups is 1. The SMILES string of the molecule is CN(C)[C@H]1C(O)C(C(N)=O)C(=O)[C@]2(O)C(=O)C3=C(O)c4c(O)ccc(-c5ccc6c(c5)OCO6)c4C[C@@H]3[C@@H](O)[C@H]12. The van der Waals surface area contributed by atoms with E-state index in [4.69, 9.17) is 15.2 Å². The Morgan fingerprint density at radius 3 is 2.42 bits per heavy atom. The maximum atomic E-state index is 14.0. The van der Waals surface area contributed by atoms with Crippen LogP contribution in [-0.2, 0) is 20.8 Å². The largest absolute Gasteiger partial charge is 0.507 e.